The summed E-state index contributed by atoms with van der Waals surface area (Å²) in [6.07, 6.45) is 0. The molecule has 0 amide bonds. The number of hydrogen-bond donors (Lipinski definition) is 1. The third-order valence-electron chi connectivity index (χ3n) is 3.21. The van der Waals surface area contributed by atoms with Crippen molar-refractivity contribution in [3.8, 4) is 11.3 Å². The van der Waals surface area contributed by atoms with Crippen LogP contribution in [-0.4, -0.2) is 15.9 Å². The average molecular weight is 340 g/mol. The number of anilines is 2. The number of hydrogen-bond acceptors (Lipinski definition) is 7. The minimum atomic E-state index is -1.25. The number of carboxylic acid groups (broad SMARTS) is 1. The molecular formula is C16H10N3O4S-. The first-order valence-electron chi connectivity index (χ1n) is 6.82. The molecule has 0 atom stereocenters. The third kappa shape index (κ3) is 3.39. The average Bonchev–Trinajstić information content (AvgIpc) is 3.03. The normalized spacial score (nSPS) is 10.3. The standard InChI is InChI=1S/C16H11N3O4S/c20-15(21)11-4-1-5-12(7-11)17-16-18-14(9-24-16)10-3-2-6-13(8-10)19(22)23/h1-9H,(H,17,18)(H,20,21)/p-1. The lowest BCUT2D eigenvalue weighted by Crippen LogP contribution is -2.22. The van der Waals surface area contributed by atoms with Gasteiger partial charge in [0.1, 0.15) is 0 Å². The van der Waals surface area contributed by atoms with Gasteiger partial charge in [-0.25, -0.2) is 4.98 Å². The lowest BCUT2D eigenvalue weighted by molar-refractivity contribution is -0.384. The third-order valence-corrected chi connectivity index (χ3v) is 3.96. The molecule has 3 aromatic rings. The van der Waals surface area contributed by atoms with E-state index >= 15 is 0 Å². The van der Waals surface area contributed by atoms with Crippen LogP contribution in [0, 0.1) is 10.1 Å². The van der Waals surface area contributed by atoms with E-state index in [2.05, 4.69) is 10.3 Å². The molecule has 0 aliphatic rings. The second-order valence-electron chi connectivity index (χ2n) is 4.84. The van der Waals surface area contributed by atoms with E-state index in [0.717, 1.165) is 0 Å². The predicted octanol–water partition coefficient (Wildman–Crippen LogP) is 2.83. The van der Waals surface area contributed by atoms with E-state index in [9.17, 15) is 20.0 Å². The molecule has 0 unspecified atom stereocenters. The molecule has 1 N–H and O–H groups in total. The number of carbonyl (C=O) groups excluding carboxylic acids is 1. The minimum Gasteiger partial charge on any atom is -0.545 e. The first-order chi connectivity index (χ1) is 11.5. The fourth-order valence-corrected chi connectivity index (χ4v) is 2.83. The van der Waals surface area contributed by atoms with Crippen molar-refractivity contribution in [3.05, 3.63) is 69.6 Å². The maximum atomic E-state index is 10.9. The Morgan fingerprint density at radius 2 is 1.96 bits per heavy atom. The number of nitro groups is 1. The molecule has 1 heterocycles. The Hall–Kier alpha value is -3.26. The Morgan fingerprint density at radius 3 is 2.71 bits per heavy atom. The molecule has 0 radical (unpaired) electrons. The molecule has 120 valence electrons. The number of thiazole rings is 1. The number of aromatic carboxylic acids is 1. The van der Waals surface area contributed by atoms with E-state index < -0.39 is 10.9 Å². The van der Waals surface area contributed by atoms with Crippen molar-refractivity contribution >= 4 is 33.8 Å². The second kappa shape index (κ2) is 6.47. The second-order valence-corrected chi connectivity index (χ2v) is 5.70. The highest BCUT2D eigenvalue weighted by Crippen LogP contribution is 2.29. The van der Waals surface area contributed by atoms with Crippen molar-refractivity contribution < 1.29 is 14.8 Å². The number of nitro benzene ring substituents is 1. The van der Waals surface area contributed by atoms with E-state index in [1.807, 2.05) is 0 Å². The van der Waals surface area contributed by atoms with Gasteiger partial charge in [0.05, 0.1) is 16.6 Å². The molecule has 0 aliphatic carbocycles. The molecule has 0 saturated carbocycles. The summed E-state index contributed by atoms with van der Waals surface area (Å²) in [4.78, 5) is 25.6. The summed E-state index contributed by atoms with van der Waals surface area (Å²) in [5.41, 5.74) is 1.86. The van der Waals surface area contributed by atoms with Crippen LogP contribution in [0.25, 0.3) is 11.3 Å². The summed E-state index contributed by atoms with van der Waals surface area (Å²) in [6, 6.07) is 12.4. The first-order valence-corrected chi connectivity index (χ1v) is 7.70. The number of non-ortho nitro benzene ring substituents is 1. The molecule has 8 heteroatoms. The highest BCUT2D eigenvalue weighted by molar-refractivity contribution is 7.14. The summed E-state index contributed by atoms with van der Waals surface area (Å²) < 4.78 is 0. The summed E-state index contributed by atoms with van der Waals surface area (Å²) >= 11 is 1.31. The van der Waals surface area contributed by atoms with Crippen molar-refractivity contribution in [1.82, 2.24) is 4.98 Å². The number of rotatable bonds is 5. The molecule has 0 spiro atoms. The molecule has 1 aromatic heterocycles. The summed E-state index contributed by atoms with van der Waals surface area (Å²) in [5, 5.41) is 27.0. The van der Waals surface area contributed by atoms with Gasteiger partial charge < -0.3 is 15.2 Å². The van der Waals surface area contributed by atoms with Crippen molar-refractivity contribution in [2.75, 3.05) is 5.32 Å². The Kier molecular flexibility index (Phi) is 4.21. The first kappa shape index (κ1) is 15.6. The number of nitrogens with zero attached hydrogens (tertiary/aromatic N) is 2. The van der Waals surface area contributed by atoms with Crippen molar-refractivity contribution in [2.45, 2.75) is 0 Å². The van der Waals surface area contributed by atoms with Crippen LogP contribution < -0.4 is 10.4 Å². The smallest absolute Gasteiger partial charge is 0.270 e. The van der Waals surface area contributed by atoms with Gasteiger partial charge in [-0.2, -0.15) is 0 Å². The van der Waals surface area contributed by atoms with Gasteiger partial charge in [-0.3, -0.25) is 10.1 Å². The Bertz CT molecular complexity index is 923. The monoisotopic (exact) mass is 340 g/mol. The summed E-state index contributed by atoms with van der Waals surface area (Å²) in [6.45, 7) is 0. The molecule has 0 bridgehead atoms. The number of aromatic nitrogens is 1. The van der Waals surface area contributed by atoms with Crippen molar-refractivity contribution in [1.29, 1.82) is 0 Å². The zero-order valence-corrected chi connectivity index (χ0v) is 12.9. The highest BCUT2D eigenvalue weighted by Gasteiger charge is 2.10. The quantitative estimate of drug-likeness (QED) is 0.565. The number of benzene rings is 2. The van der Waals surface area contributed by atoms with Crippen molar-refractivity contribution in [2.24, 2.45) is 0 Å². The number of carbonyl (C=O) groups is 1. The fraction of sp³-hybridized carbons (Fsp3) is 0. The van der Waals surface area contributed by atoms with Crippen molar-refractivity contribution in [3.63, 3.8) is 0 Å². The lowest BCUT2D eigenvalue weighted by Gasteiger charge is -2.06. The topological polar surface area (TPSA) is 108 Å². The van der Waals surface area contributed by atoms with E-state index in [4.69, 9.17) is 0 Å². The Balaban J connectivity index is 1.83. The van der Waals surface area contributed by atoms with E-state index in [1.165, 1.54) is 35.6 Å². The van der Waals surface area contributed by atoms with Gasteiger partial charge in [0.25, 0.3) is 5.69 Å². The van der Waals surface area contributed by atoms with Crippen LogP contribution in [0.4, 0.5) is 16.5 Å². The van der Waals surface area contributed by atoms with Gasteiger partial charge in [0, 0.05) is 28.8 Å². The Labute approximate surface area is 140 Å². The molecule has 0 fully saturated rings. The highest BCUT2D eigenvalue weighted by atomic mass is 32.1. The molecule has 2 aromatic carbocycles. The van der Waals surface area contributed by atoms with E-state index in [0.29, 0.717) is 22.1 Å². The maximum absolute atomic E-state index is 10.9. The Morgan fingerprint density at radius 1 is 1.17 bits per heavy atom. The number of nitrogens with one attached hydrogen (secondary N) is 1. The zero-order valence-electron chi connectivity index (χ0n) is 12.1. The van der Waals surface area contributed by atoms with Crippen LogP contribution in [0.3, 0.4) is 0 Å². The van der Waals surface area contributed by atoms with Crippen LogP contribution in [0.1, 0.15) is 10.4 Å². The molecule has 0 saturated heterocycles. The van der Waals surface area contributed by atoms with Gasteiger partial charge in [0.15, 0.2) is 5.13 Å². The number of carboxylic acids is 1. The molecular weight excluding hydrogens is 330 g/mol. The zero-order chi connectivity index (χ0) is 17.1. The van der Waals surface area contributed by atoms with Crippen LogP contribution in [0.2, 0.25) is 0 Å². The summed E-state index contributed by atoms with van der Waals surface area (Å²) in [7, 11) is 0. The molecule has 7 nitrogen and oxygen atoms in total. The van der Waals surface area contributed by atoms with Crippen LogP contribution >= 0.6 is 11.3 Å². The van der Waals surface area contributed by atoms with Gasteiger partial charge in [-0.15, -0.1) is 11.3 Å². The largest absolute Gasteiger partial charge is 0.545 e. The van der Waals surface area contributed by atoms with E-state index in [-0.39, 0.29) is 11.3 Å². The van der Waals surface area contributed by atoms with E-state index in [1.54, 1.807) is 29.6 Å². The minimum absolute atomic E-state index is 0.00308. The lowest BCUT2D eigenvalue weighted by atomic mass is 10.1. The van der Waals surface area contributed by atoms with Crippen LogP contribution in [0.15, 0.2) is 53.9 Å². The SMILES string of the molecule is O=C([O-])c1cccc(Nc2nc(-c3cccc([N+](=O)[O-])c3)cs2)c1. The molecule has 3 rings (SSSR count). The molecule has 24 heavy (non-hydrogen) atoms. The van der Waals surface area contributed by atoms with Crippen LogP contribution in [0.5, 0.6) is 0 Å². The van der Waals surface area contributed by atoms with Gasteiger partial charge in [-0.05, 0) is 17.7 Å². The fourth-order valence-electron chi connectivity index (χ4n) is 2.09. The predicted molar refractivity (Wildman–Crippen MR) is 88.3 cm³/mol. The maximum Gasteiger partial charge on any atom is 0.270 e. The summed E-state index contributed by atoms with van der Waals surface area (Å²) in [5.74, 6) is -1.25. The van der Waals surface area contributed by atoms with Gasteiger partial charge in [0.2, 0.25) is 0 Å². The molecule has 0 aliphatic heterocycles. The van der Waals surface area contributed by atoms with Gasteiger partial charge >= 0.3 is 0 Å². The van der Waals surface area contributed by atoms with Crippen LogP contribution in [-0.2, 0) is 0 Å². The van der Waals surface area contributed by atoms with Gasteiger partial charge in [-0.1, -0.05) is 24.3 Å².